The second-order valence-corrected chi connectivity index (χ2v) is 9.92. The fourth-order valence-corrected chi connectivity index (χ4v) is 6.36. The van der Waals surface area contributed by atoms with Crippen molar-refractivity contribution in [3.8, 4) is 0 Å². The van der Waals surface area contributed by atoms with Crippen molar-refractivity contribution in [1.82, 2.24) is 10.2 Å². The van der Waals surface area contributed by atoms with E-state index in [1.807, 2.05) is 0 Å². The zero-order chi connectivity index (χ0) is 17.4. The number of nitrogens with zero attached hydrogens (tertiary/aromatic N) is 2. The van der Waals surface area contributed by atoms with E-state index in [1.165, 1.54) is 11.8 Å². The van der Waals surface area contributed by atoms with Gasteiger partial charge in [-0.3, -0.25) is 4.79 Å². The Morgan fingerprint density at radius 2 is 2.04 bits per heavy atom. The van der Waals surface area contributed by atoms with E-state index >= 15 is 0 Å². The number of ether oxygens (including phenoxy) is 1. The van der Waals surface area contributed by atoms with Crippen LogP contribution in [0.1, 0.15) is 20.8 Å². The quantitative estimate of drug-likeness (QED) is 0.749. The van der Waals surface area contributed by atoms with E-state index in [-0.39, 0.29) is 29.3 Å². The van der Waals surface area contributed by atoms with Crippen LogP contribution >= 0.6 is 11.8 Å². The molecule has 2 heterocycles. The predicted molar refractivity (Wildman–Crippen MR) is 88.3 cm³/mol. The second-order valence-electron chi connectivity index (χ2n) is 6.56. The summed E-state index contributed by atoms with van der Waals surface area (Å²) in [5.41, 5.74) is -0.635. The lowest BCUT2D eigenvalue weighted by molar-refractivity contribution is -0.117. The summed E-state index contributed by atoms with van der Waals surface area (Å²) in [5, 5.41) is 2.75. The molecule has 0 unspecified atom stereocenters. The van der Waals surface area contributed by atoms with Crippen molar-refractivity contribution in [2.45, 2.75) is 37.7 Å². The lowest BCUT2D eigenvalue weighted by Gasteiger charge is -2.19. The number of carbonyl (C=O) groups excluding carboxylic acids is 2. The molecule has 0 aliphatic carbocycles. The largest absolute Gasteiger partial charge is 0.444 e. The molecular weight excluding hydrogens is 342 g/mol. The van der Waals surface area contributed by atoms with E-state index in [1.54, 1.807) is 32.7 Å². The maximum Gasteiger partial charge on any atom is 0.408 e. The van der Waals surface area contributed by atoms with Gasteiger partial charge >= 0.3 is 6.09 Å². The van der Waals surface area contributed by atoms with E-state index in [4.69, 9.17) is 4.74 Å². The normalized spacial score (nSPS) is 27.8. The molecule has 23 heavy (non-hydrogen) atoms. The average molecular weight is 363 g/mol. The Morgan fingerprint density at radius 1 is 1.39 bits per heavy atom. The van der Waals surface area contributed by atoms with Crippen molar-refractivity contribution >= 4 is 38.8 Å². The SMILES string of the molecule is CN1C(=NC(=O)CNC(=O)OC(C)(C)C)S[C@@H]2CS(=O)(=O)C[C@@H]21. The van der Waals surface area contributed by atoms with Gasteiger partial charge in [-0.1, -0.05) is 11.8 Å². The van der Waals surface area contributed by atoms with Crippen molar-refractivity contribution in [3.63, 3.8) is 0 Å². The maximum atomic E-state index is 11.8. The Bertz CT molecular complexity index is 638. The minimum atomic E-state index is -3.01. The molecule has 1 N–H and O–H groups in total. The lowest BCUT2D eigenvalue weighted by atomic mass is 10.2. The smallest absolute Gasteiger partial charge is 0.408 e. The van der Waals surface area contributed by atoms with Gasteiger partial charge in [-0.05, 0) is 20.8 Å². The first-order valence-electron chi connectivity index (χ1n) is 7.15. The van der Waals surface area contributed by atoms with Crippen LogP contribution in [0.4, 0.5) is 4.79 Å². The summed E-state index contributed by atoms with van der Waals surface area (Å²) in [5.74, 6) is -0.311. The third-order valence-electron chi connectivity index (χ3n) is 3.33. The van der Waals surface area contributed by atoms with Gasteiger partial charge in [0.2, 0.25) is 0 Å². The summed E-state index contributed by atoms with van der Waals surface area (Å²) in [4.78, 5) is 29.0. The van der Waals surface area contributed by atoms with Crippen LogP contribution < -0.4 is 5.32 Å². The minimum absolute atomic E-state index is 0.0876. The monoisotopic (exact) mass is 363 g/mol. The number of hydrogen-bond acceptors (Lipinski definition) is 6. The van der Waals surface area contributed by atoms with E-state index in [9.17, 15) is 18.0 Å². The van der Waals surface area contributed by atoms with Crippen molar-refractivity contribution in [2.24, 2.45) is 4.99 Å². The molecule has 2 aliphatic heterocycles. The van der Waals surface area contributed by atoms with Gasteiger partial charge in [-0.2, -0.15) is 4.99 Å². The standard InChI is InChI=1S/C13H21N3O5S2/c1-13(2,3)21-12(18)14-5-10(17)15-11-16(4)8-6-23(19,20)7-9(8)22-11/h8-9H,5-7H2,1-4H3,(H,14,18)/t8-,9+/m0/s1. The summed E-state index contributed by atoms with van der Waals surface area (Å²) in [6, 6.07) is -0.143. The van der Waals surface area contributed by atoms with Gasteiger partial charge in [-0.15, -0.1) is 0 Å². The molecule has 2 fully saturated rings. The number of amides is 2. The Morgan fingerprint density at radius 3 is 2.61 bits per heavy atom. The number of sulfone groups is 1. The van der Waals surface area contributed by atoms with Crippen molar-refractivity contribution in [2.75, 3.05) is 25.1 Å². The minimum Gasteiger partial charge on any atom is -0.444 e. The molecular formula is C13H21N3O5S2. The molecule has 0 spiro atoms. The average Bonchev–Trinajstić information content (AvgIpc) is 2.80. The van der Waals surface area contributed by atoms with Crippen LogP contribution in [0.5, 0.6) is 0 Å². The highest BCUT2D eigenvalue weighted by Crippen LogP contribution is 2.36. The molecule has 2 atom stereocenters. The molecule has 8 nitrogen and oxygen atoms in total. The number of alkyl carbamates (subject to hydrolysis) is 1. The van der Waals surface area contributed by atoms with Crippen LogP contribution in [0.3, 0.4) is 0 Å². The molecule has 0 saturated carbocycles. The molecule has 10 heteroatoms. The van der Waals surface area contributed by atoms with Gasteiger partial charge in [0.1, 0.15) is 12.1 Å². The zero-order valence-corrected chi connectivity index (χ0v) is 15.2. The van der Waals surface area contributed by atoms with Crippen molar-refractivity contribution in [3.05, 3.63) is 0 Å². The molecule has 2 amide bonds. The third kappa shape index (κ3) is 4.84. The lowest BCUT2D eigenvalue weighted by Crippen LogP contribution is -2.36. The van der Waals surface area contributed by atoms with Crippen LogP contribution in [0.2, 0.25) is 0 Å². The Hall–Kier alpha value is -1.29. The highest BCUT2D eigenvalue weighted by molar-refractivity contribution is 8.15. The van der Waals surface area contributed by atoms with Gasteiger partial charge in [0.15, 0.2) is 15.0 Å². The van der Waals surface area contributed by atoms with Gasteiger partial charge in [0.05, 0.1) is 17.5 Å². The van der Waals surface area contributed by atoms with E-state index in [0.29, 0.717) is 5.17 Å². The van der Waals surface area contributed by atoms with Crippen molar-refractivity contribution in [1.29, 1.82) is 0 Å². The maximum absolute atomic E-state index is 11.8. The van der Waals surface area contributed by atoms with Crippen LogP contribution in [0.25, 0.3) is 0 Å². The molecule has 2 aliphatic rings. The number of rotatable bonds is 2. The van der Waals surface area contributed by atoms with Gasteiger partial charge in [0, 0.05) is 12.3 Å². The summed E-state index contributed by atoms with van der Waals surface area (Å²) >= 11 is 1.30. The third-order valence-corrected chi connectivity index (χ3v) is 6.63. The van der Waals surface area contributed by atoms with E-state index < -0.39 is 27.4 Å². The van der Waals surface area contributed by atoms with Crippen LogP contribution in [-0.2, 0) is 19.4 Å². The zero-order valence-electron chi connectivity index (χ0n) is 13.5. The molecule has 0 aromatic rings. The van der Waals surface area contributed by atoms with Gasteiger partial charge in [-0.25, -0.2) is 13.2 Å². The van der Waals surface area contributed by atoms with Crippen LogP contribution in [0.15, 0.2) is 4.99 Å². The molecule has 2 rings (SSSR count). The molecule has 0 aromatic carbocycles. The highest BCUT2D eigenvalue weighted by atomic mass is 32.2. The number of thioether (sulfide) groups is 1. The second kappa shape index (κ2) is 6.31. The number of fused-ring (bicyclic) bond motifs is 1. The number of carbonyl (C=O) groups is 2. The topological polar surface area (TPSA) is 105 Å². The van der Waals surface area contributed by atoms with Gasteiger partial charge in [0.25, 0.3) is 5.91 Å². The fraction of sp³-hybridized carbons (Fsp3) is 0.769. The van der Waals surface area contributed by atoms with Crippen molar-refractivity contribution < 1.29 is 22.7 Å². The Kier molecular flexibility index (Phi) is 4.95. The molecule has 2 saturated heterocycles. The highest BCUT2D eigenvalue weighted by Gasteiger charge is 2.47. The predicted octanol–water partition coefficient (Wildman–Crippen LogP) is 0.238. The summed E-state index contributed by atoms with van der Waals surface area (Å²) in [7, 11) is -1.28. The Labute approximate surface area is 139 Å². The number of aliphatic imine (C=N–C) groups is 1. The number of nitrogens with one attached hydrogen (secondary N) is 1. The van der Waals surface area contributed by atoms with Gasteiger partial charge < -0.3 is 15.0 Å². The number of amidine groups is 1. The molecule has 130 valence electrons. The van der Waals surface area contributed by atoms with Crippen LogP contribution in [-0.4, -0.2) is 72.5 Å². The summed E-state index contributed by atoms with van der Waals surface area (Å²) in [6.07, 6.45) is -0.679. The first-order valence-corrected chi connectivity index (χ1v) is 9.85. The van der Waals surface area contributed by atoms with E-state index in [0.717, 1.165) is 0 Å². The molecule has 0 aromatic heterocycles. The summed E-state index contributed by atoms with van der Waals surface area (Å²) < 4.78 is 28.2. The summed E-state index contributed by atoms with van der Waals surface area (Å²) in [6.45, 7) is 4.92. The molecule has 0 radical (unpaired) electrons. The Balaban J connectivity index is 1.88. The fourth-order valence-electron chi connectivity index (χ4n) is 2.34. The first kappa shape index (κ1) is 18.1. The first-order chi connectivity index (χ1) is 10.5. The molecule has 0 bridgehead atoms. The number of hydrogen-bond donors (Lipinski definition) is 1. The van der Waals surface area contributed by atoms with Crippen LogP contribution in [0, 0.1) is 0 Å². The van der Waals surface area contributed by atoms with E-state index in [2.05, 4.69) is 10.3 Å².